The number of hydrogen-bond acceptors (Lipinski definition) is 4. The average Bonchev–Trinajstić information content (AvgIpc) is 2.47. The molecule has 0 atom stereocenters. The zero-order chi connectivity index (χ0) is 14.5. The van der Waals surface area contributed by atoms with E-state index in [1.165, 1.54) is 0 Å². The van der Waals surface area contributed by atoms with Gasteiger partial charge in [0.25, 0.3) is 5.91 Å². The van der Waals surface area contributed by atoms with Gasteiger partial charge in [-0.15, -0.1) is 0 Å². The minimum Gasteiger partial charge on any atom is -0.399 e. The smallest absolute Gasteiger partial charge is 0.255 e. The number of anilines is 1. The molecule has 0 saturated carbocycles. The van der Waals surface area contributed by atoms with Gasteiger partial charge in [0.1, 0.15) is 0 Å². The van der Waals surface area contributed by atoms with Crippen molar-refractivity contribution in [1.82, 2.24) is 4.90 Å². The molecule has 5 nitrogen and oxygen atoms in total. The Morgan fingerprint density at radius 1 is 1.45 bits per heavy atom. The molecule has 6 heteroatoms. The number of likely N-dealkylation sites (tertiary alicyclic amines) is 1. The van der Waals surface area contributed by atoms with E-state index < -0.39 is 0 Å². The number of carbonyl (C=O) groups excluding carboxylic acids is 1. The minimum atomic E-state index is -0.00946. The van der Waals surface area contributed by atoms with Crippen LogP contribution in [0.2, 0.25) is 0 Å². The highest BCUT2D eigenvalue weighted by Crippen LogP contribution is 2.23. The molecule has 110 valence electrons. The van der Waals surface area contributed by atoms with Gasteiger partial charge in [0, 0.05) is 23.2 Å². The van der Waals surface area contributed by atoms with Crippen LogP contribution in [0.25, 0.3) is 0 Å². The van der Waals surface area contributed by atoms with Gasteiger partial charge in [0.15, 0.2) is 0 Å². The van der Waals surface area contributed by atoms with Crippen LogP contribution in [0.1, 0.15) is 23.2 Å². The summed E-state index contributed by atoms with van der Waals surface area (Å²) in [4.78, 5) is 14.3. The topological polar surface area (TPSA) is 75.8 Å². The number of halogens is 1. The van der Waals surface area contributed by atoms with Crippen LogP contribution in [-0.2, 0) is 4.74 Å². The zero-order valence-corrected chi connectivity index (χ0v) is 12.8. The maximum absolute atomic E-state index is 12.5. The summed E-state index contributed by atoms with van der Waals surface area (Å²) in [5.41, 5.74) is 6.91. The number of nitrogen functional groups attached to an aromatic ring is 1. The van der Waals surface area contributed by atoms with Gasteiger partial charge in [-0.1, -0.05) is 0 Å². The van der Waals surface area contributed by atoms with Crippen molar-refractivity contribution in [2.75, 3.05) is 32.0 Å². The molecule has 2 rings (SSSR count). The molecule has 20 heavy (non-hydrogen) atoms. The molecule has 3 N–H and O–H groups in total. The first kappa shape index (κ1) is 15.3. The summed E-state index contributed by atoms with van der Waals surface area (Å²) >= 11 is 3.39. The lowest BCUT2D eigenvalue weighted by Crippen LogP contribution is -2.41. The SMILES string of the molecule is Nc1ccc(Br)c(C(=O)N2CCC(OCCO)CC2)c1. The summed E-state index contributed by atoms with van der Waals surface area (Å²) in [7, 11) is 0. The number of amides is 1. The first-order valence-corrected chi connectivity index (χ1v) is 7.48. The molecule has 1 amide bonds. The fourth-order valence-electron chi connectivity index (χ4n) is 2.32. The molecule has 0 aliphatic carbocycles. The molecule has 0 spiro atoms. The highest BCUT2D eigenvalue weighted by Gasteiger charge is 2.25. The van der Waals surface area contributed by atoms with E-state index in [0.717, 1.165) is 17.3 Å². The molecule has 1 aromatic carbocycles. The van der Waals surface area contributed by atoms with E-state index in [9.17, 15) is 4.79 Å². The summed E-state index contributed by atoms with van der Waals surface area (Å²) in [6, 6.07) is 5.25. The molecule has 1 aliphatic heterocycles. The third-order valence-corrected chi connectivity index (χ3v) is 4.09. The van der Waals surface area contributed by atoms with E-state index >= 15 is 0 Å². The third kappa shape index (κ3) is 3.71. The summed E-state index contributed by atoms with van der Waals surface area (Å²) in [5, 5.41) is 8.74. The van der Waals surface area contributed by atoms with Gasteiger partial charge in [-0.3, -0.25) is 4.79 Å². The van der Waals surface area contributed by atoms with Crippen molar-refractivity contribution in [2.24, 2.45) is 0 Å². The van der Waals surface area contributed by atoms with Gasteiger partial charge < -0.3 is 20.5 Å². The fourth-order valence-corrected chi connectivity index (χ4v) is 2.74. The Bertz CT molecular complexity index is 473. The second-order valence-corrected chi connectivity index (χ2v) is 5.68. The predicted octanol–water partition coefficient (Wildman–Crippen LogP) is 1.64. The molecule has 1 saturated heterocycles. The van der Waals surface area contributed by atoms with Gasteiger partial charge >= 0.3 is 0 Å². The molecule has 0 unspecified atom stereocenters. The number of rotatable bonds is 4. The molecular weight excluding hydrogens is 324 g/mol. The Morgan fingerprint density at radius 3 is 2.80 bits per heavy atom. The number of carbonyl (C=O) groups is 1. The van der Waals surface area contributed by atoms with Gasteiger partial charge in [0.2, 0.25) is 0 Å². The van der Waals surface area contributed by atoms with E-state index in [1.807, 2.05) is 4.90 Å². The second-order valence-electron chi connectivity index (χ2n) is 4.83. The monoisotopic (exact) mass is 342 g/mol. The van der Waals surface area contributed by atoms with E-state index in [0.29, 0.717) is 30.9 Å². The molecule has 0 bridgehead atoms. The second kappa shape index (κ2) is 7.06. The van der Waals surface area contributed by atoms with Crippen molar-refractivity contribution in [2.45, 2.75) is 18.9 Å². The summed E-state index contributed by atoms with van der Waals surface area (Å²) in [6.45, 7) is 1.72. The minimum absolute atomic E-state index is 0.00946. The van der Waals surface area contributed by atoms with E-state index in [1.54, 1.807) is 18.2 Å². The molecule has 1 aliphatic rings. The van der Waals surface area contributed by atoms with Gasteiger partial charge in [-0.05, 0) is 47.0 Å². The van der Waals surface area contributed by atoms with Crippen molar-refractivity contribution in [1.29, 1.82) is 0 Å². The Kier molecular flexibility index (Phi) is 5.39. The molecule has 1 aromatic rings. The number of aliphatic hydroxyl groups is 1. The van der Waals surface area contributed by atoms with Crippen LogP contribution in [0, 0.1) is 0 Å². The molecule has 1 fully saturated rings. The lowest BCUT2D eigenvalue weighted by Gasteiger charge is -2.32. The highest BCUT2D eigenvalue weighted by molar-refractivity contribution is 9.10. The van der Waals surface area contributed by atoms with Crippen LogP contribution < -0.4 is 5.73 Å². The van der Waals surface area contributed by atoms with Crippen LogP contribution in [0.15, 0.2) is 22.7 Å². The lowest BCUT2D eigenvalue weighted by atomic mass is 10.1. The Labute approximate surface area is 126 Å². The van der Waals surface area contributed by atoms with Crippen LogP contribution in [0.3, 0.4) is 0 Å². The summed E-state index contributed by atoms with van der Waals surface area (Å²) < 4.78 is 6.25. The molecule has 0 aromatic heterocycles. The van der Waals surface area contributed by atoms with Crippen LogP contribution in [0.4, 0.5) is 5.69 Å². The largest absolute Gasteiger partial charge is 0.399 e. The lowest BCUT2D eigenvalue weighted by molar-refractivity contribution is -0.00555. The number of ether oxygens (including phenoxy) is 1. The number of aliphatic hydroxyl groups excluding tert-OH is 1. The standard InChI is InChI=1S/C14H19BrN2O3/c15-13-2-1-10(16)9-12(13)14(19)17-5-3-11(4-6-17)20-8-7-18/h1-2,9,11,18H,3-8,16H2. The number of nitrogens with zero attached hydrogens (tertiary/aromatic N) is 1. The quantitative estimate of drug-likeness (QED) is 0.815. The van der Waals surface area contributed by atoms with Gasteiger partial charge in [-0.25, -0.2) is 0 Å². The van der Waals surface area contributed by atoms with Crippen LogP contribution in [0.5, 0.6) is 0 Å². The third-order valence-electron chi connectivity index (χ3n) is 3.39. The predicted molar refractivity (Wildman–Crippen MR) is 80.5 cm³/mol. The summed E-state index contributed by atoms with van der Waals surface area (Å²) in [6.07, 6.45) is 1.73. The Balaban J connectivity index is 1.96. The number of nitrogens with two attached hydrogens (primary N) is 1. The number of piperidine rings is 1. The zero-order valence-electron chi connectivity index (χ0n) is 11.2. The van der Waals surface area contributed by atoms with Crippen molar-refractivity contribution < 1.29 is 14.6 Å². The Morgan fingerprint density at radius 2 is 2.15 bits per heavy atom. The fraction of sp³-hybridized carbons (Fsp3) is 0.500. The van der Waals surface area contributed by atoms with Crippen LogP contribution in [-0.4, -0.2) is 48.3 Å². The van der Waals surface area contributed by atoms with Crippen molar-refractivity contribution >= 4 is 27.5 Å². The number of hydrogen-bond donors (Lipinski definition) is 2. The summed E-state index contributed by atoms with van der Waals surface area (Å²) in [5.74, 6) is -0.00946. The maximum atomic E-state index is 12.5. The average molecular weight is 343 g/mol. The van der Waals surface area contributed by atoms with E-state index in [2.05, 4.69) is 15.9 Å². The van der Waals surface area contributed by atoms with E-state index in [-0.39, 0.29) is 18.6 Å². The van der Waals surface area contributed by atoms with E-state index in [4.69, 9.17) is 15.6 Å². The van der Waals surface area contributed by atoms with Gasteiger partial charge in [-0.2, -0.15) is 0 Å². The Hall–Kier alpha value is -1.11. The van der Waals surface area contributed by atoms with Crippen molar-refractivity contribution in [3.63, 3.8) is 0 Å². The number of benzene rings is 1. The van der Waals surface area contributed by atoms with Crippen molar-refractivity contribution in [3.8, 4) is 0 Å². The van der Waals surface area contributed by atoms with Crippen LogP contribution >= 0.6 is 15.9 Å². The van der Waals surface area contributed by atoms with Gasteiger partial charge in [0.05, 0.1) is 24.9 Å². The normalized spacial score (nSPS) is 16.4. The highest BCUT2D eigenvalue weighted by atomic mass is 79.9. The molecule has 0 radical (unpaired) electrons. The van der Waals surface area contributed by atoms with Crippen molar-refractivity contribution in [3.05, 3.63) is 28.2 Å². The first-order chi connectivity index (χ1) is 9.61. The molecular formula is C14H19BrN2O3. The maximum Gasteiger partial charge on any atom is 0.255 e. The molecule has 1 heterocycles. The first-order valence-electron chi connectivity index (χ1n) is 6.68.